The predicted molar refractivity (Wildman–Crippen MR) is 81.9 cm³/mol. The van der Waals surface area contributed by atoms with Crippen LogP contribution in [-0.2, 0) is 0 Å². The molecule has 5 nitrogen and oxygen atoms in total. The van der Waals surface area contributed by atoms with Crippen LogP contribution >= 0.6 is 0 Å². The maximum atomic E-state index is 5.71. The molecular weight excluding hydrogens is 264 g/mol. The summed E-state index contributed by atoms with van der Waals surface area (Å²) >= 11 is 0. The molecule has 108 valence electrons. The Bertz CT molecular complexity index is 669. The van der Waals surface area contributed by atoms with Gasteiger partial charge in [0, 0.05) is 24.6 Å². The summed E-state index contributed by atoms with van der Waals surface area (Å²) in [6.07, 6.45) is 2.39. The predicted octanol–water partition coefficient (Wildman–Crippen LogP) is 2.94. The average Bonchev–Trinajstić information content (AvgIpc) is 3.30. The van der Waals surface area contributed by atoms with Gasteiger partial charge in [-0.05, 0) is 18.9 Å². The summed E-state index contributed by atoms with van der Waals surface area (Å²) in [5, 5.41) is 6.59. The zero-order chi connectivity index (χ0) is 14.2. The number of para-hydroxylation sites is 1. The number of rotatable bonds is 4. The standard InChI is InChI=1S/C16H18N4O/c1-17-14-8-15(20-16(19-14)10-6-7-10)18-12-9-21-13-5-3-2-4-11(12)13/h2-5,8,10,12H,6-7,9H2,1H3,(H2,17,18,19,20). The molecule has 1 aliphatic carbocycles. The molecule has 1 saturated carbocycles. The molecule has 2 aliphatic rings. The Labute approximate surface area is 123 Å². The molecule has 0 saturated heterocycles. The van der Waals surface area contributed by atoms with Gasteiger partial charge >= 0.3 is 0 Å². The zero-order valence-electron chi connectivity index (χ0n) is 12.0. The lowest BCUT2D eigenvalue weighted by molar-refractivity contribution is 0.339. The Morgan fingerprint density at radius 3 is 2.76 bits per heavy atom. The molecule has 1 atom stereocenters. The number of nitrogens with zero attached hydrogens (tertiary/aromatic N) is 2. The maximum absolute atomic E-state index is 5.71. The molecule has 1 aromatic carbocycles. The summed E-state index contributed by atoms with van der Waals surface area (Å²) in [5.74, 6) is 4.16. The van der Waals surface area contributed by atoms with Gasteiger partial charge in [0.05, 0.1) is 6.04 Å². The Morgan fingerprint density at radius 2 is 1.95 bits per heavy atom. The average molecular weight is 282 g/mol. The molecule has 1 aromatic heterocycles. The Balaban J connectivity index is 1.61. The SMILES string of the molecule is CNc1cc(NC2COc3ccccc32)nc(C2CC2)n1. The van der Waals surface area contributed by atoms with Crippen LogP contribution < -0.4 is 15.4 Å². The fourth-order valence-electron chi connectivity index (χ4n) is 2.65. The van der Waals surface area contributed by atoms with Crippen LogP contribution in [0.5, 0.6) is 5.75 Å². The van der Waals surface area contributed by atoms with E-state index in [1.807, 2.05) is 31.3 Å². The van der Waals surface area contributed by atoms with Crippen molar-refractivity contribution in [2.75, 3.05) is 24.3 Å². The van der Waals surface area contributed by atoms with Crippen molar-refractivity contribution in [1.82, 2.24) is 9.97 Å². The van der Waals surface area contributed by atoms with Gasteiger partial charge in [0.25, 0.3) is 0 Å². The molecule has 1 fully saturated rings. The molecule has 0 radical (unpaired) electrons. The van der Waals surface area contributed by atoms with Crippen molar-refractivity contribution in [2.45, 2.75) is 24.8 Å². The zero-order valence-corrected chi connectivity index (χ0v) is 12.0. The number of fused-ring (bicyclic) bond motifs is 1. The summed E-state index contributed by atoms with van der Waals surface area (Å²) in [6, 6.07) is 10.2. The minimum absolute atomic E-state index is 0.146. The van der Waals surface area contributed by atoms with Gasteiger partial charge in [0.2, 0.25) is 0 Å². The highest BCUT2D eigenvalue weighted by molar-refractivity contribution is 5.51. The number of hydrogen-bond donors (Lipinski definition) is 2. The second kappa shape index (κ2) is 4.91. The van der Waals surface area contributed by atoms with Gasteiger partial charge in [0.15, 0.2) is 0 Å². The van der Waals surface area contributed by atoms with Gasteiger partial charge in [0.1, 0.15) is 29.8 Å². The van der Waals surface area contributed by atoms with Crippen molar-refractivity contribution in [3.05, 3.63) is 41.7 Å². The Morgan fingerprint density at radius 1 is 1.14 bits per heavy atom. The molecule has 2 aromatic rings. The first-order valence-electron chi connectivity index (χ1n) is 7.38. The fraction of sp³-hybridized carbons (Fsp3) is 0.375. The number of ether oxygens (including phenoxy) is 1. The van der Waals surface area contributed by atoms with E-state index in [9.17, 15) is 0 Å². The molecule has 0 amide bonds. The molecule has 1 unspecified atom stereocenters. The van der Waals surface area contributed by atoms with Crippen molar-refractivity contribution < 1.29 is 4.74 Å². The molecule has 5 heteroatoms. The van der Waals surface area contributed by atoms with Crippen LogP contribution in [0.15, 0.2) is 30.3 Å². The van der Waals surface area contributed by atoms with Gasteiger partial charge in [-0.25, -0.2) is 9.97 Å². The van der Waals surface area contributed by atoms with E-state index < -0.39 is 0 Å². The molecule has 0 bridgehead atoms. The summed E-state index contributed by atoms with van der Waals surface area (Å²) in [7, 11) is 1.89. The van der Waals surface area contributed by atoms with Crippen LogP contribution in [0.3, 0.4) is 0 Å². The monoisotopic (exact) mass is 282 g/mol. The third-order valence-corrected chi connectivity index (χ3v) is 3.96. The number of aromatic nitrogens is 2. The summed E-state index contributed by atoms with van der Waals surface area (Å²) < 4.78 is 5.71. The first kappa shape index (κ1) is 12.4. The van der Waals surface area contributed by atoms with Crippen molar-refractivity contribution in [1.29, 1.82) is 0 Å². The van der Waals surface area contributed by atoms with Crippen molar-refractivity contribution >= 4 is 11.6 Å². The second-order valence-electron chi connectivity index (χ2n) is 5.57. The normalized spacial score (nSPS) is 19.8. The van der Waals surface area contributed by atoms with Gasteiger partial charge in [-0.15, -0.1) is 0 Å². The Kier molecular flexibility index (Phi) is 2.91. The van der Waals surface area contributed by atoms with Gasteiger partial charge in [-0.1, -0.05) is 18.2 Å². The van der Waals surface area contributed by atoms with E-state index in [1.165, 1.54) is 18.4 Å². The van der Waals surface area contributed by atoms with Crippen LogP contribution in [-0.4, -0.2) is 23.6 Å². The minimum atomic E-state index is 0.146. The van der Waals surface area contributed by atoms with Crippen LogP contribution in [0.2, 0.25) is 0 Å². The third kappa shape index (κ3) is 2.39. The highest BCUT2D eigenvalue weighted by Gasteiger charge is 2.28. The molecule has 0 spiro atoms. The smallest absolute Gasteiger partial charge is 0.136 e. The number of hydrogen-bond acceptors (Lipinski definition) is 5. The Hall–Kier alpha value is -2.30. The lowest BCUT2D eigenvalue weighted by Crippen LogP contribution is -2.14. The fourth-order valence-corrected chi connectivity index (χ4v) is 2.65. The largest absolute Gasteiger partial charge is 0.491 e. The van der Waals surface area contributed by atoms with E-state index in [-0.39, 0.29) is 6.04 Å². The van der Waals surface area contributed by atoms with E-state index in [2.05, 4.69) is 26.7 Å². The summed E-state index contributed by atoms with van der Waals surface area (Å²) in [4.78, 5) is 9.20. The van der Waals surface area contributed by atoms with Gasteiger partial charge in [-0.2, -0.15) is 0 Å². The number of benzene rings is 1. The lowest BCUT2D eigenvalue weighted by atomic mass is 10.1. The molecule has 2 N–H and O–H groups in total. The third-order valence-electron chi connectivity index (χ3n) is 3.96. The number of nitrogens with one attached hydrogen (secondary N) is 2. The lowest BCUT2D eigenvalue weighted by Gasteiger charge is -2.14. The number of anilines is 2. The summed E-state index contributed by atoms with van der Waals surface area (Å²) in [5.41, 5.74) is 1.19. The second-order valence-corrected chi connectivity index (χ2v) is 5.57. The van der Waals surface area contributed by atoms with E-state index >= 15 is 0 Å². The van der Waals surface area contributed by atoms with Crippen molar-refractivity contribution in [3.8, 4) is 5.75 Å². The quantitative estimate of drug-likeness (QED) is 0.903. The highest BCUT2D eigenvalue weighted by Crippen LogP contribution is 2.39. The molecular formula is C16H18N4O. The molecule has 2 heterocycles. The van der Waals surface area contributed by atoms with Crippen LogP contribution in [0.4, 0.5) is 11.6 Å². The van der Waals surface area contributed by atoms with Crippen LogP contribution in [0.25, 0.3) is 0 Å². The first-order valence-corrected chi connectivity index (χ1v) is 7.38. The van der Waals surface area contributed by atoms with Gasteiger partial charge in [-0.3, -0.25) is 0 Å². The van der Waals surface area contributed by atoms with Crippen LogP contribution in [0, 0.1) is 0 Å². The van der Waals surface area contributed by atoms with E-state index in [1.54, 1.807) is 0 Å². The molecule has 21 heavy (non-hydrogen) atoms. The van der Waals surface area contributed by atoms with Crippen molar-refractivity contribution in [3.63, 3.8) is 0 Å². The van der Waals surface area contributed by atoms with Gasteiger partial charge < -0.3 is 15.4 Å². The minimum Gasteiger partial charge on any atom is -0.491 e. The van der Waals surface area contributed by atoms with E-state index in [0.717, 1.165) is 23.2 Å². The van der Waals surface area contributed by atoms with E-state index in [0.29, 0.717) is 12.5 Å². The highest BCUT2D eigenvalue weighted by atomic mass is 16.5. The van der Waals surface area contributed by atoms with E-state index in [4.69, 9.17) is 4.74 Å². The molecule has 4 rings (SSSR count). The van der Waals surface area contributed by atoms with Crippen molar-refractivity contribution in [2.24, 2.45) is 0 Å². The first-order chi connectivity index (χ1) is 10.3. The maximum Gasteiger partial charge on any atom is 0.136 e. The van der Waals surface area contributed by atoms with Crippen LogP contribution in [0.1, 0.15) is 36.2 Å². The topological polar surface area (TPSA) is 59.1 Å². The molecule has 1 aliphatic heterocycles. The summed E-state index contributed by atoms with van der Waals surface area (Å²) in [6.45, 7) is 0.636.